The first-order chi connectivity index (χ1) is 10.2. The second kappa shape index (κ2) is 5.69. The van der Waals surface area contributed by atoms with Crippen molar-refractivity contribution in [2.24, 2.45) is 0 Å². The molecule has 0 unspecified atom stereocenters. The lowest BCUT2D eigenvalue weighted by Crippen LogP contribution is -2.03. The van der Waals surface area contributed by atoms with Crippen LogP contribution < -0.4 is 10.4 Å². The molecule has 3 aromatic rings. The molecule has 3 rings (SSSR count). The first kappa shape index (κ1) is 13.8. The van der Waals surface area contributed by atoms with Crippen LogP contribution in [0, 0.1) is 0 Å². The predicted molar refractivity (Wildman–Crippen MR) is 84.6 cm³/mol. The second-order valence-corrected chi connectivity index (χ2v) is 5.31. The van der Waals surface area contributed by atoms with Gasteiger partial charge in [0.2, 0.25) is 5.89 Å². The maximum atomic E-state index is 12.1. The number of hydrogen-bond donors (Lipinski definition) is 0. The summed E-state index contributed by atoms with van der Waals surface area (Å²) in [4.78, 5) is 16.5. The number of fused-ring (bicyclic) bond motifs is 1. The molecule has 0 amide bonds. The van der Waals surface area contributed by atoms with E-state index in [1.54, 1.807) is 18.2 Å². The van der Waals surface area contributed by atoms with Gasteiger partial charge in [-0.05, 0) is 37.3 Å². The highest BCUT2D eigenvalue weighted by molar-refractivity contribution is 9.10. The maximum Gasteiger partial charge on any atom is 0.347 e. The molecule has 0 saturated carbocycles. The minimum Gasteiger partial charge on any atom is -0.493 e. The quantitative estimate of drug-likeness (QED) is 0.719. The van der Waals surface area contributed by atoms with E-state index < -0.39 is 5.63 Å². The fraction of sp³-hybridized carbons (Fsp3) is 0.125. The van der Waals surface area contributed by atoms with E-state index in [-0.39, 0.29) is 5.89 Å². The van der Waals surface area contributed by atoms with Crippen molar-refractivity contribution in [3.63, 3.8) is 0 Å². The molecule has 106 valence electrons. The van der Waals surface area contributed by atoms with Crippen molar-refractivity contribution in [3.05, 3.63) is 57.4 Å². The zero-order chi connectivity index (χ0) is 14.8. The SMILES string of the molecule is CCOc1ccc(Br)cc1-c1nc2ccccc2c(=O)o1. The molecule has 0 spiro atoms. The molecule has 1 heterocycles. The lowest BCUT2D eigenvalue weighted by Gasteiger charge is -2.09. The molecule has 0 N–H and O–H groups in total. The summed E-state index contributed by atoms with van der Waals surface area (Å²) in [7, 11) is 0. The van der Waals surface area contributed by atoms with E-state index in [0.717, 1.165) is 4.47 Å². The van der Waals surface area contributed by atoms with Crippen LogP contribution in [0.5, 0.6) is 5.75 Å². The summed E-state index contributed by atoms with van der Waals surface area (Å²) in [6.45, 7) is 2.42. The number of halogens is 1. The molecule has 0 atom stereocenters. The normalized spacial score (nSPS) is 10.8. The smallest absolute Gasteiger partial charge is 0.347 e. The van der Waals surface area contributed by atoms with Crippen LogP contribution in [-0.4, -0.2) is 11.6 Å². The standard InChI is InChI=1S/C16H12BrNO3/c1-2-20-14-8-7-10(17)9-12(14)15-18-13-6-4-3-5-11(13)16(19)21-15/h3-9H,2H2,1H3. The topological polar surface area (TPSA) is 52.3 Å². The molecule has 4 nitrogen and oxygen atoms in total. The predicted octanol–water partition coefficient (Wildman–Crippen LogP) is 4.02. The number of rotatable bonds is 3. The minimum atomic E-state index is -0.405. The summed E-state index contributed by atoms with van der Waals surface area (Å²) < 4.78 is 11.8. The molecule has 5 heteroatoms. The van der Waals surface area contributed by atoms with Crippen LogP contribution in [0.1, 0.15) is 6.92 Å². The number of benzene rings is 2. The van der Waals surface area contributed by atoms with Gasteiger partial charge in [0.1, 0.15) is 5.75 Å². The number of ether oxygens (including phenoxy) is 1. The van der Waals surface area contributed by atoms with E-state index in [4.69, 9.17) is 9.15 Å². The summed E-state index contributed by atoms with van der Waals surface area (Å²) in [6, 6.07) is 12.6. The summed E-state index contributed by atoms with van der Waals surface area (Å²) in [5.74, 6) is 0.884. The van der Waals surface area contributed by atoms with Crippen molar-refractivity contribution in [3.8, 4) is 17.2 Å². The third-order valence-electron chi connectivity index (χ3n) is 3.01. The average molecular weight is 346 g/mol. The zero-order valence-electron chi connectivity index (χ0n) is 11.3. The molecule has 0 aliphatic carbocycles. The van der Waals surface area contributed by atoms with E-state index in [0.29, 0.717) is 28.8 Å². The lowest BCUT2D eigenvalue weighted by molar-refractivity contribution is 0.340. The van der Waals surface area contributed by atoms with E-state index in [1.165, 1.54) is 0 Å². The van der Waals surface area contributed by atoms with E-state index in [2.05, 4.69) is 20.9 Å². The third-order valence-corrected chi connectivity index (χ3v) is 3.50. The van der Waals surface area contributed by atoms with Gasteiger partial charge in [0.25, 0.3) is 0 Å². The Morgan fingerprint density at radius 2 is 2.05 bits per heavy atom. The number of aromatic nitrogens is 1. The summed E-state index contributed by atoms with van der Waals surface area (Å²) in [6.07, 6.45) is 0. The first-order valence-electron chi connectivity index (χ1n) is 6.51. The fourth-order valence-corrected chi connectivity index (χ4v) is 2.45. The number of hydrogen-bond acceptors (Lipinski definition) is 4. The fourth-order valence-electron chi connectivity index (χ4n) is 2.08. The number of para-hydroxylation sites is 1. The molecular weight excluding hydrogens is 334 g/mol. The van der Waals surface area contributed by atoms with Crippen LogP contribution >= 0.6 is 15.9 Å². The Morgan fingerprint density at radius 1 is 1.24 bits per heavy atom. The molecule has 0 aliphatic rings. The van der Waals surface area contributed by atoms with Gasteiger partial charge in [0, 0.05) is 4.47 Å². The summed E-state index contributed by atoms with van der Waals surface area (Å²) in [5, 5.41) is 0.467. The molecule has 2 aromatic carbocycles. The van der Waals surface area contributed by atoms with Crippen molar-refractivity contribution in [1.29, 1.82) is 0 Å². The molecule has 0 radical (unpaired) electrons. The largest absolute Gasteiger partial charge is 0.493 e. The van der Waals surface area contributed by atoms with Crippen molar-refractivity contribution >= 4 is 26.8 Å². The Kier molecular flexibility index (Phi) is 3.75. The maximum absolute atomic E-state index is 12.1. The van der Waals surface area contributed by atoms with Gasteiger partial charge in [0.15, 0.2) is 0 Å². The van der Waals surface area contributed by atoms with Gasteiger partial charge in [0.05, 0.1) is 23.1 Å². The van der Waals surface area contributed by atoms with Gasteiger partial charge in [-0.2, -0.15) is 0 Å². The lowest BCUT2D eigenvalue weighted by atomic mass is 10.2. The molecule has 0 aliphatic heterocycles. The summed E-state index contributed by atoms with van der Waals surface area (Å²) >= 11 is 3.41. The van der Waals surface area contributed by atoms with Gasteiger partial charge in [-0.3, -0.25) is 0 Å². The number of nitrogens with zero attached hydrogens (tertiary/aromatic N) is 1. The van der Waals surface area contributed by atoms with Gasteiger partial charge < -0.3 is 9.15 Å². The Hall–Kier alpha value is -2.14. The van der Waals surface area contributed by atoms with E-state index in [1.807, 2.05) is 31.2 Å². The van der Waals surface area contributed by atoms with Crippen molar-refractivity contribution in [2.75, 3.05) is 6.61 Å². The second-order valence-electron chi connectivity index (χ2n) is 4.40. The Bertz CT molecular complexity index is 858. The van der Waals surface area contributed by atoms with Gasteiger partial charge >= 0.3 is 5.63 Å². The van der Waals surface area contributed by atoms with Crippen LogP contribution in [0.15, 0.2) is 56.1 Å². The van der Waals surface area contributed by atoms with Crippen LogP contribution in [-0.2, 0) is 0 Å². The van der Waals surface area contributed by atoms with Crippen LogP contribution in [0.2, 0.25) is 0 Å². The zero-order valence-corrected chi connectivity index (χ0v) is 12.9. The monoisotopic (exact) mass is 345 g/mol. The van der Waals surface area contributed by atoms with Crippen molar-refractivity contribution in [1.82, 2.24) is 4.98 Å². The highest BCUT2D eigenvalue weighted by Crippen LogP contribution is 2.31. The van der Waals surface area contributed by atoms with Crippen molar-refractivity contribution < 1.29 is 9.15 Å². The molecule has 0 bridgehead atoms. The van der Waals surface area contributed by atoms with Crippen LogP contribution in [0.25, 0.3) is 22.4 Å². The van der Waals surface area contributed by atoms with Gasteiger partial charge in [-0.1, -0.05) is 28.1 Å². The molecule has 0 saturated heterocycles. The Labute approximate surface area is 129 Å². The van der Waals surface area contributed by atoms with Gasteiger partial charge in [-0.25, -0.2) is 9.78 Å². The highest BCUT2D eigenvalue weighted by Gasteiger charge is 2.13. The Balaban J connectivity index is 2.25. The molecule has 0 fully saturated rings. The van der Waals surface area contributed by atoms with Gasteiger partial charge in [-0.15, -0.1) is 0 Å². The first-order valence-corrected chi connectivity index (χ1v) is 7.31. The Morgan fingerprint density at radius 3 is 2.86 bits per heavy atom. The molecule has 1 aromatic heterocycles. The summed E-state index contributed by atoms with van der Waals surface area (Å²) in [5.41, 5.74) is 0.846. The minimum absolute atomic E-state index is 0.253. The van der Waals surface area contributed by atoms with Crippen LogP contribution in [0.3, 0.4) is 0 Å². The molecular formula is C16H12BrNO3. The highest BCUT2D eigenvalue weighted by atomic mass is 79.9. The molecule has 21 heavy (non-hydrogen) atoms. The van der Waals surface area contributed by atoms with E-state index >= 15 is 0 Å². The van der Waals surface area contributed by atoms with Crippen LogP contribution in [0.4, 0.5) is 0 Å². The van der Waals surface area contributed by atoms with E-state index in [9.17, 15) is 4.79 Å². The van der Waals surface area contributed by atoms with Crippen molar-refractivity contribution in [2.45, 2.75) is 6.92 Å². The third kappa shape index (κ3) is 2.69. The average Bonchev–Trinajstić information content (AvgIpc) is 2.49.